The zero-order chi connectivity index (χ0) is 15.2. The Balaban J connectivity index is 1.60. The molecule has 2 saturated carbocycles. The molecule has 4 atom stereocenters. The van der Waals surface area contributed by atoms with E-state index in [1.807, 2.05) is 0 Å². The summed E-state index contributed by atoms with van der Waals surface area (Å²) in [5.74, 6) is 0.788. The van der Waals surface area contributed by atoms with Crippen LogP contribution in [0.25, 0.3) is 0 Å². The number of nitrogens with one attached hydrogen (secondary N) is 1. The van der Waals surface area contributed by atoms with Gasteiger partial charge in [-0.05, 0) is 43.2 Å². The summed E-state index contributed by atoms with van der Waals surface area (Å²) in [6.07, 6.45) is 3.29. The second-order valence-corrected chi connectivity index (χ2v) is 8.88. The third-order valence-corrected chi connectivity index (χ3v) is 7.16. The van der Waals surface area contributed by atoms with E-state index in [0.717, 1.165) is 35.5 Å². The molecule has 116 valence electrons. The molecule has 2 aliphatic rings. The molecule has 0 saturated heterocycles. The average Bonchev–Trinajstić information content (AvgIpc) is 3.10. The van der Waals surface area contributed by atoms with Gasteiger partial charge in [-0.15, -0.1) is 11.3 Å². The van der Waals surface area contributed by atoms with Gasteiger partial charge in [-0.2, -0.15) is 0 Å². The first-order valence-corrected chi connectivity index (χ1v) is 9.37. The van der Waals surface area contributed by atoms with E-state index in [4.69, 9.17) is 10.9 Å². The molecule has 0 aromatic carbocycles. The summed E-state index contributed by atoms with van der Waals surface area (Å²) in [6, 6.07) is 3.10. The summed E-state index contributed by atoms with van der Waals surface area (Å²) < 4.78 is 22.5. The number of sulfonamides is 1. The van der Waals surface area contributed by atoms with Crippen LogP contribution in [0.2, 0.25) is 0 Å². The van der Waals surface area contributed by atoms with Crippen molar-refractivity contribution in [1.29, 1.82) is 0 Å². The van der Waals surface area contributed by atoms with Crippen LogP contribution >= 0.6 is 11.3 Å². The smallest absolute Gasteiger partial charge is 0.247 e. The Morgan fingerprint density at radius 2 is 2.05 bits per heavy atom. The van der Waals surface area contributed by atoms with Crippen LogP contribution in [-0.2, 0) is 21.4 Å². The number of hydrogen-bond acceptors (Lipinski definition) is 5. The molecular weight excluding hydrogens is 310 g/mol. The third kappa shape index (κ3) is 2.85. The molecular formula is C13H19N3O3S2. The molecule has 2 aliphatic carbocycles. The normalized spacial score (nSPS) is 31.5. The monoisotopic (exact) mass is 329 g/mol. The predicted octanol–water partition coefficient (Wildman–Crippen LogP) is 0.385. The van der Waals surface area contributed by atoms with Crippen LogP contribution in [0, 0.1) is 17.8 Å². The molecule has 1 heterocycles. The first-order chi connectivity index (χ1) is 9.86. The molecule has 1 amide bonds. The van der Waals surface area contributed by atoms with Gasteiger partial charge in [0.2, 0.25) is 15.9 Å². The van der Waals surface area contributed by atoms with Crippen molar-refractivity contribution in [2.45, 2.75) is 36.1 Å². The molecule has 4 unspecified atom stereocenters. The molecule has 0 spiro atoms. The first kappa shape index (κ1) is 15.0. The summed E-state index contributed by atoms with van der Waals surface area (Å²) in [7, 11) is -3.67. The highest BCUT2D eigenvalue weighted by atomic mass is 32.2. The Bertz CT molecular complexity index is 653. The number of primary sulfonamides is 1. The van der Waals surface area contributed by atoms with Crippen LogP contribution in [0.3, 0.4) is 0 Å². The molecule has 6 nitrogen and oxygen atoms in total. The van der Waals surface area contributed by atoms with Crippen molar-refractivity contribution in [3.05, 3.63) is 17.0 Å². The molecule has 0 radical (unpaired) electrons. The Hall–Kier alpha value is -0.960. The lowest BCUT2D eigenvalue weighted by atomic mass is 9.84. The van der Waals surface area contributed by atoms with E-state index in [1.54, 1.807) is 6.07 Å². The number of fused-ring (bicyclic) bond motifs is 2. The number of hydrogen-bond donors (Lipinski definition) is 3. The second kappa shape index (κ2) is 5.35. The lowest BCUT2D eigenvalue weighted by Crippen LogP contribution is -2.45. The Morgan fingerprint density at radius 3 is 2.62 bits per heavy atom. The number of carbonyl (C=O) groups is 1. The van der Waals surface area contributed by atoms with Crippen molar-refractivity contribution in [1.82, 2.24) is 5.32 Å². The van der Waals surface area contributed by atoms with Crippen molar-refractivity contribution in [3.8, 4) is 0 Å². The molecule has 2 bridgehead atoms. The van der Waals surface area contributed by atoms with Gasteiger partial charge in [0.25, 0.3) is 0 Å². The zero-order valence-corrected chi connectivity index (χ0v) is 13.1. The Morgan fingerprint density at radius 1 is 1.33 bits per heavy atom. The number of thiophene rings is 1. The van der Waals surface area contributed by atoms with Crippen molar-refractivity contribution in [3.63, 3.8) is 0 Å². The maximum atomic E-state index is 12.3. The van der Waals surface area contributed by atoms with Crippen LogP contribution in [0.4, 0.5) is 0 Å². The Labute approximate surface area is 127 Å². The fraction of sp³-hybridized carbons (Fsp3) is 0.615. The van der Waals surface area contributed by atoms with Crippen molar-refractivity contribution in [2.24, 2.45) is 28.6 Å². The Kier molecular flexibility index (Phi) is 3.81. The van der Waals surface area contributed by atoms with Gasteiger partial charge < -0.3 is 11.1 Å². The molecule has 2 fully saturated rings. The summed E-state index contributed by atoms with van der Waals surface area (Å²) in [5, 5.41) is 7.94. The predicted molar refractivity (Wildman–Crippen MR) is 79.8 cm³/mol. The highest BCUT2D eigenvalue weighted by Gasteiger charge is 2.48. The largest absolute Gasteiger partial charge is 0.351 e. The van der Waals surface area contributed by atoms with Gasteiger partial charge in [-0.25, -0.2) is 13.6 Å². The molecule has 1 aromatic heterocycles. The SMILES string of the molecule is NC1C2CCC(C2)C1C(=O)NCc1ccc(S(N)(=O)=O)s1. The maximum absolute atomic E-state index is 12.3. The minimum Gasteiger partial charge on any atom is -0.351 e. The summed E-state index contributed by atoms with van der Waals surface area (Å²) in [6.45, 7) is 0.319. The van der Waals surface area contributed by atoms with Gasteiger partial charge >= 0.3 is 0 Å². The van der Waals surface area contributed by atoms with E-state index < -0.39 is 10.0 Å². The van der Waals surface area contributed by atoms with Gasteiger partial charge in [0, 0.05) is 10.9 Å². The number of carbonyl (C=O) groups excluding carboxylic acids is 1. The minimum absolute atomic E-state index is 0.0137. The number of rotatable bonds is 4. The lowest BCUT2D eigenvalue weighted by molar-refractivity contribution is -0.127. The molecule has 1 aromatic rings. The summed E-state index contributed by atoms with van der Waals surface area (Å²) in [4.78, 5) is 13.1. The lowest BCUT2D eigenvalue weighted by Gasteiger charge is -2.26. The standard InChI is InChI=1S/C13H19N3O3S2/c14-12-8-2-1-7(5-8)11(12)13(17)16-6-9-3-4-10(20-9)21(15,18)19/h3-4,7-8,11-12H,1-2,5-6,14H2,(H,16,17)(H2,15,18,19). The van der Waals surface area contributed by atoms with Gasteiger partial charge in [-0.3, -0.25) is 4.79 Å². The van der Waals surface area contributed by atoms with Gasteiger partial charge in [0.1, 0.15) is 4.21 Å². The maximum Gasteiger partial charge on any atom is 0.247 e. The topological polar surface area (TPSA) is 115 Å². The molecule has 3 rings (SSSR count). The average molecular weight is 329 g/mol. The van der Waals surface area contributed by atoms with E-state index >= 15 is 0 Å². The summed E-state index contributed by atoms with van der Waals surface area (Å²) >= 11 is 1.08. The van der Waals surface area contributed by atoms with E-state index in [0.29, 0.717) is 18.4 Å². The number of amides is 1. The molecule has 5 N–H and O–H groups in total. The van der Waals surface area contributed by atoms with E-state index in [1.165, 1.54) is 6.07 Å². The van der Waals surface area contributed by atoms with Crippen LogP contribution in [0.15, 0.2) is 16.3 Å². The third-order valence-electron chi connectivity index (χ3n) is 4.64. The van der Waals surface area contributed by atoms with E-state index in [2.05, 4.69) is 5.32 Å². The fourth-order valence-corrected chi connectivity index (χ4v) is 5.34. The summed E-state index contributed by atoms with van der Waals surface area (Å²) in [5.41, 5.74) is 6.14. The van der Waals surface area contributed by atoms with Crippen LogP contribution in [0.1, 0.15) is 24.1 Å². The van der Waals surface area contributed by atoms with Gasteiger partial charge in [-0.1, -0.05) is 0 Å². The van der Waals surface area contributed by atoms with Crippen LogP contribution in [0.5, 0.6) is 0 Å². The first-order valence-electron chi connectivity index (χ1n) is 7.01. The number of nitrogens with two attached hydrogens (primary N) is 2. The quantitative estimate of drug-likeness (QED) is 0.741. The molecule has 0 aliphatic heterocycles. The molecule has 8 heteroatoms. The van der Waals surface area contributed by atoms with Crippen LogP contribution < -0.4 is 16.2 Å². The van der Waals surface area contributed by atoms with E-state index in [-0.39, 0.29) is 22.1 Å². The van der Waals surface area contributed by atoms with Gasteiger partial charge in [0.05, 0.1) is 12.5 Å². The van der Waals surface area contributed by atoms with Crippen molar-refractivity contribution < 1.29 is 13.2 Å². The highest BCUT2D eigenvalue weighted by Crippen LogP contribution is 2.47. The van der Waals surface area contributed by atoms with Crippen molar-refractivity contribution >= 4 is 27.3 Å². The zero-order valence-electron chi connectivity index (χ0n) is 11.5. The van der Waals surface area contributed by atoms with Crippen molar-refractivity contribution in [2.75, 3.05) is 0 Å². The molecule has 21 heavy (non-hydrogen) atoms. The highest BCUT2D eigenvalue weighted by molar-refractivity contribution is 7.91. The second-order valence-electron chi connectivity index (χ2n) is 5.92. The van der Waals surface area contributed by atoms with E-state index in [9.17, 15) is 13.2 Å². The van der Waals surface area contributed by atoms with Gasteiger partial charge in [0.15, 0.2) is 0 Å². The van der Waals surface area contributed by atoms with Crippen LogP contribution in [-0.4, -0.2) is 20.4 Å². The fourth-order valence-electron chi connectivity index (χ4n) is 3.62. The minimum atomic E-state index is -3.67.